The van der Waals surface area contributed by atoms with Gasteiger partial charge in [-0.05, 0) is 56.0 Å². The van der Waals surface area contributed by atoms with E-state index in [1.165, 1.54) is 12.8 Å². The number of ether oxygens (including phenoxy) is 1. The summed E-state index contributed by atoms with van der Waals surface area (Å²) in [6, 6.07) is 14.6. The predicted molar refractivity (Wildman–Crippen MR) is 106 cm³/mol. The van der Waals surface area contributed by atoms with Crippen LogP contribution in [0.15, 0.2) is 54.9 Å². The van der Waals surface area contributed by atoms with Gasteiger partial charge < -0.3 is 19.8 Å². The van der Waals surface area contributed by atoms with Crippen LogP contribution in [0.2, 0.25) is 0 Å². The molecular weight excluding hydrogens is 352 g/mol. The summed E-state index contributed by atoms with van der Waals surface area (Å²) in [5.41, 5.74) is 2.38. The zero-order valence-corrected chi connectivity index (χ0v) is 15.7. The lowest BCUT2D eigenvalue weighted by molar-refractivity contribution is 0.0923. The van der Waals surface area contributed by atoms with Crippen molar-refractivity contribution in [1.29, 1.82) is 0 Å². The number of pyridine rings is 1. The van der Waals surface area contributed by atoms with Crippen LogP contribution >= 0.6 is 0 Å². The van der Waals surface area contributed by atoms with Crippen molar-refractivity contribution in [1.82, 2.24) is 20.0 Å². The van der Waals surface area contributed by atoms with Crippen LogP contribution in [0.1, 0.15) is 41.7 Å². The monoisotopic (exact) mass is 376 g/mol. The van der Waals surface area contributed by atoms with Crippen LogP contribution in [-0.2, 0) is 6.61 Å². The standard InChI is InChI=1S/C22H24N4O2/c27-22(25-18-11-16-7-8-17(12-18)23-16)15-4-3-5-20(10-15)28-14-19-13-26-9-2-1-6-21(26)24-19/h1-6,9-10,13,16-18,23H,7-8,11-12,14H2,(H,25,27). The van der Waals surface area contributed by atoms with E-state index in [-0.39, 0.29) is 11.9 Å². The number of imidazole rings is 1. The molecular formula is C22H24N4O2. The number of piperidine rings is 1. The van der Waals surface area contributed by atoms with E-state index in [1.54, 1.807) is 6.07 Å². The molecule has 144 valence electrons. The molecule has 0 radical (unpaired) electrons. The summed E-state index contributed by atoms with van der Waals surface area (Å²) in [5.74, 6) is 0.652. The molecule has 2 bridgehead atoms. The van der Waals surface area contributed by atoms with Gasteiger partial charge in [0.05, 0.1) is 5.69 Å². The number of fused-ring (bicyclic) bond motifs is 3. The molecule has 28 heavy (non-hydrogen) atoms. The van der Waals surface area contributed by atoms with Crippen molar-refractivity contribution in [3.05, 3.63) is 66.1 Å². The summed E-state index contributed by atoms with van der Waals surface area (Å²) in [5, 5.41) is 6.81. The molecule has 0 aliphatic carbocycles. The van der Waals surface area contributed by atoms with E-state index in [0.717, 1.165) is 24.2 Å². The quantitative estimate of drug-likeness (QED) is 0.719. The van der Waals surface area contributed by atoms with E-state index in [0.29, 0.717) is 30.0 Å². The minimum absolute atomic E-state index is 0.0236. The minimum Gasteiger partial charge on any atom is -0.487 e. The summed E-state index contributed by atoms with van der Waals surface area (Å²) in [7, 11) is 0. The Hall–Kier alpha value is -2.86. The molecule has 1 amide bonds. The summed E-state index contributed by atoms with van der Waals surface area (Å²) in [6.07, 6.45) is 8.41. The van der Waals surface area contributed by atoms with Crippen LogP contribution in [0.25, 0.3) is 5.65 Å². The molecule has 2 fully saturated rings. The van der Waals surface area contributed by atoms with Crippen LogP contribution in [0, 0.1) is 0 Å². The molecule has 2 atom stereocenters. The number of carbonyl (C=O) groups is 1. The second-order valence-corrected chi connectivity index (χ2v) is 7.79. The second kappa shape index (κ2) is 7.28. The van der Waals surface area contributed by atoms with E-state index >= 15 is 0 Å². The average molecular weight is 376 g/mol. The average Bonchev–Trinajstić information content (AvgIpc) is 3.28. The van der Waals surface area contributed by atoms with Crippen LogP contribution < -0.4 is 15.4 Å². The van der Waals surface area contributed by atoms with Gasteiger partial charge in [-0.2, -0.15) is 0 Å². The molecule has 2 unspecified atom stereocenters. The van der Waals surface area contributed by atoms with E-state index in [2.05, 4.69) is 15.6 Å². The zero-order valence-electron chi connectivity index (χ0n) is 15.7. The number of hydrogen-bond donors (Lipinski definition) is 2. The molecule has 5 rings (SSSR count). The number of nitrogens with one attached hydrogen (secondary N) is 2. The zero-order chi connectivity index (χ0) is 18.9. The molecule has 3 aromatic rings. The summed E-state index contributed by atoms with van der Waals surface area (Å²) < 4.78 is 7.85. The van der Waals surface area contributed by atoms with Crippen molar-refractivity contribution in [3.63, 3.8) is 0 Å². The first-order valence-corrected chi connectivity index (χ1v) is 9.95. The molecule has 6 nitrogen and oxygen atoms in total. The van der Waals surface area contributed by atoms with Gasteiger partial charge in [-0.1, -0.05) is 12.1 Å². The van der Waals surface area contributed by atoms with E-state index < -0.39 is 0 Å². The minimum atomic E-state index is -0.0236. The third-order valence-corrected chi connectivity index (χ3v) is 5.71. The highest BCUT2D eigenvalue weighted by Crippen LogP contribution is 2.27. The lowest BCUT2D eigenvalue weighted by Gasteiger charge is -2.29. The fourth-order valence-corrected chi connectivity index (χ4v) is 4.38. The van der Waals surface area contributed by atoms with Crippen LogP contribution in [-0.4, -0.2) is 33.4 Å². The topological polar surface area (TPSA) is 67.7 Å². The number of nitrogens with zero attached hydrogens (tertiary/aromatic N) is 2. The fourth-order valence-electron chi connectivity index (χ4n) is 4.38. The van der Waals surface area contributed by atoms with Gasteiger partial charge in [-0.15, -0.1) is 0 Å². The third kappa shape index (κ3) is 3.60. The van der Waals surface area contributed by atoms with Crippen molar-refractivity contribution in [2.45, 2.75) is 50.4 Å². The van der Waals surface area contributed by atoms with Crippen LogP contribution in [0.4, 0.5) is 0 Å². The van der Waals surface area contributed by atoms with Crippen molar-refractivity contribution in [2.24, 2.45) is 0 Å². The fraction of sp³-hybridized carbons (Fsp3) is 0.364. The first-order valence-electron chi connectivity index (χ1n) is 9.95. The first kappa shape index (κ1) is 17.3. The molecule has 2 aliphatic rings. The molecule has 1 aromatic carbocycles. The molecule has 2 N–H and O–H groups in total. The van der Waals surface area contributed by atoms with Gasteiger partial charge in [0.25, 0.3) is 5.91 Å². The van der Waals surface area contributed by atoms with Gasteiger partial charge in [0.1, 0.15) is 18.0 Å². The Morgan fingerprint density at radius 2 is 2.04 bits per heavy atom. The van der Waals surface area contributed by atoms with Crippen molar-refractivity contribution in [3.8, 4) is 5.75 Å². The predicted octanol–water partition coefficient (Wildman–Crippen LogP) is 2.93. The van der Waals surface area contributed by atoms with Crippen molar-refractivity contribution >= 4 is 11.6 Å². The summed E-state index contributed by atoms with van der Waals surface area (Å²) in [4.78, 5) is 17.2. The number of carbonyl (C=O) groups excluding carboxylic acids is 1. The maximum atomic E-state index is 12.7. The maximum absolute atomic E-state index is 12.7. The number of aromatic nitrogens is 2. The molecule has 2 aliphatic heterocycles. The largest absolute Gasteiger partial charge is 0.487 e. The lowest BCUT2D eigenvalue weighted by Crippen LogP contribution is -2.48. The molecule has 0 saturated carbocycles. The Morgan fingerprint density at radius 3 is 2.86 bits per heavy atom. The molecule has 0 spiro atoms. The molecule has 4 heterocycles. The Kier molecular flexibility index (Phi) is 4.49. The Morgan fingerprint density at radius 1 is 1.18 bits per heavy atom. The van der Waals surface area contributed by atoms with Gasteiger partial charge in [0, 0.05) is 36.1 Å². The first-order chi connectivity index (χ1) is 13.7. The van der Waals surface area contributed by atoms with Gasteiger partial charge in [-0.25, -0.2) is 4.98 Å². The maximum Gasteiger partial charge on any atom is 0.251 e. The summed E-state index contributed by atoms with van der Waals surface area (Å²) >= 11 is 0. The number of amides is 1. The molecule has 2 aromatic heterocycles. The highest BCUT2D eigenvalue weighted by atomic mass is 16.5. The van der Waals surface area contributed by atoms with Gasteiger partial charge in [0.2, 0.25) is 0 Å². The Labute approximate surface area is 163 Å². The molecule has 6 heteroatoms. The number of benzene rings is 1. The van der Waals surface area contributed by atoms with Crippen molar-refractivity contribution in [2.75, 3.05) is 0 Å². The van der Waals surface area contributed by atoms with Gasteiger partial charge >= 0.3 is 0 Å². The Balaban J connectivity index is 1.22. The van der Waals surface area contributed by atoms with Gasteiger partial charge in [0.15, 0.2) is 0 Å². The SMILES string of the molecule is O=C(NC1CC2CCC(C1)N2)c1cccc(OCc2cn3ccccc3n2)c1. The van der Waals surface area contributed by atoms with Crippen LogP contribution in [0.3, 0.4) is 0 Å². The highest BCUT2D eigenvalue weighted by molar-refractivity contribution is 5.94. The van der Waals surface area contributed by atoms with Crippen molar-refractivity contribution < 1.29 is 9.53 Å². The van der Waals surface area contributed by atoms with Gasteiger partial charge in [-0.3, -0.25) is 4.79 Å². The van der Waals surface area contributed by atoms with E-state index in [1.807, 2.05) is 53.2 Å². The number of rotatable bonds is 5. The normalized spacial score (nSPS) is 23.6. The smallest absolute Gasteiger partial charge is 0.251 e. The Bertz CT molecular complexity index is 954. The van der Waals surface area contributed by atoms with E-state index in [9.17, 15) is 4.79 Å². The highest BCUT2D eigenvalue weighted by Gasteiger charge is 2.34. The lowest BCUT2D eigenvalue weighted by atomic mass is 9.99. The third-order valence-electron chi connectivity index (χ3n) is 5.71. The van der Waals surface area contributed by atoms with E-state index in [4.69, 9.17) is 4.74 Å². The van der Waals surface area contributed by atoms with Crippen LogP contribution in [0.5, 0.6) is 5.75 Å². The number of hydrogen-bond acceptors (Lipinski definition) is 4. The molecule has 2 saturated heterocycles. The summed E-state index contributed by atoms with van der Waals surface area (Å²) in [6.45, 7) is 0.365. The second-order valence-electron chi connectivity index (χ2n) is 7.79.